The lowest BCUT2D eigenvalue weighted by molar-refractivity contribution is 0.778. The first kappa shape index (κ1) is 17.8. The summed E-state index contributed by atoms with van der Waals surface area (Å²) < 4.78 is 0. The Morgan fingerprint density at radius 2 is 2.17 bits per heavy atom. The van der Waals surface area contributed by atoms with E-state index in [-0.39, 0.29) is 0 Å². The van der Waals surface area contributed by atoms with Gasteiger partial charge < -0.3 is 10.6 Å². The van der Waals surface area contributed by atoms with Crippen LogP contribution in [-0.2, 0) is 13.0 Å². The maximum Gasteiger partial charge on any atom is 0.191 e. The molecule has 0 bridgehead atoms. The molecule has 2 N–H and O–H groups in total. The van der Waals surface area contributed by atoms with Crippen LogP contribution in [0.25, 0.3) is 0 Å². The molecule has 23 heavy (non-hydrogen) atoms. The van der Waals surface area contributed by atoms with E-state index in [0.717, 1.165) is 34.6 Å². The zero-order valence-corrected chi connectivity index (χ0v) is 15.3. The van der Waals surface area contributed by atoms with Crippen molar-refractivity contribution >= 4 is 28.9 Å². The second kappa shape index (κ2) is 8.89. The van der Waals surface area contributed by atoms with Gasteiger partial charge in [0.05, 0.1) is 12.2 Å². The van der Waals surface area contributed by atoms with E-state index >= 15 is 0 Å². The Bertz CT molecular complexity index is 652. The zero-order valence-electron chi connectivity index (χ0n) is 13.8. The summed E-state index contributed by atoms with van der Waals surface area (Å²) in [7, 11) is 1.77. The fraction of sp³-hybridized carbons (Fsp3) is 0.412. The quantitative estimate of drug-likeness (QED) is 0.615. The fourth-order valence-corrected chi connectivity index (χ4v) is 3.18. The van der Waals surface area contributed by atoms with Crippen molar-refractivity contribution in [2.24, 2.45) is 4.99 Å². The van der Waals surface area contributed by atoms with E-state index in [0.29, 0.717) is 12.5 Å². The summed E-state index contributed by atoms with van der Waals surface area (Å²) >= 11 is 7.67. The van der Waals surface area contributed by atoms with Crippen LogP contribution in [-0.4, -0.2) is 24.5 Å². The van der Waals surface area contributed by atoms with Crippen molar-refractivity contribution in [3.05, 3.63) is 50.9 Å². The molecule has 0 saturated carbocycles. The van der Waals surface area contributed by atoms with Gasteiger partial charge >= 0.3 is 0 Å². The molecule has 0 spiro atoms. The standard InChI is InChI=1S/C17H23ClN4S/c1-12(2)15-11-23-16(22-15)10-21-17(19-3)20-8-7-13-5-4-6-14(18)9-13/h4-6,9,11-12H,7-8,10H2,1-3H3,(H2,19,20,21). The van der Waals surface area contributed by atoms with Crippen molar-refractivity contribution in [1.29, 1.82) is 0 Å². The second-order valence-corrected chi connectivity index (χ2v) is 6.93. The summed E-state index contributed by atoms with van der Waals surface area (Å²) in [4.78, 5) is 8.85. The van der Waals surface area contributed by atoms with E-state index < -0.39 is 0 Å². The van der Waals surface area contributed by atoms with Crippen molar-refractivity contribution in [3.63, 3.8) is 0 Å². The predicted octanol–water partition coefficient (Wildman–Crippen LogP) is 3.83. The van der Waals surface area contributed by atoms with Gasteiger partial charge in [-0.15, -0.1) is 11.3 Å². The summed E-state index contributed by atoms with van der Waals surface area (Å²) in [6.45, 7) is 5.80. The van der Waals surface area contributed by atoms with Crippen LogP contribution in [0.2, 0.25) is 5.02 Å². The van der Waals surface area contributed by atoms with E-state index in [9.17, 15) is 0 Å². The number of nitrogens with zero attached hydrogens (tertiary/aromatic N) is 2. The number of guanidine groups is 1. The highest BCUT2D eigenvalue weighted by molar-refractivity contribution is 7.09. The minimum Gasteiger partial charge on any atom is -0.356 e. The maximum absolute atomic E-state index is 5.99. The van der Waals surface area contributed by atoms with E-state index in [1.54, 1.807) is 18.4 Å². The first-order valence-electron chi connectivity index (χ1n) is 7.71. The first-order valence-corrected chi connectivity index (χ1v) is 8.97. The smallest absolute Gasteiger partial charge is 0.191 e. The summed E-state index contributed by atoms with van der Waals surface area (Å²) in [6, 6.07) is 7.92. The monoisotopic (exact) mass is 350 g/mol. The lowest BCUT2D eigenvalue weighted by atomic mass is 10.1. The third-order valence-corrected chi connectivity index (χ3v) is 4.49. The van der Waals surface area contributed by atoms with Gasteiger partial charge in [0.2, 0.25) is 0 Å². The molecule has 1 heterocycles. The highest BCUT2D eigenvalue weighted by Gasteiger charge is 2.06. The average Bonchev–Trinajstić information content (AvgIpc) is 3.00. The number of hydrogen-bond donors (Lipinski definition) is 2. The third-order valence-electron chi connectivity index (χ3n) is 3.39. The number of aromatic nitrogens is 1. The van der Waals surface area contributed by atoms with Crippen LogP contribution >= 0.6 is 22.9 Å². The van der Waals surface area contributed by atoms with Crippen LogP contribution in [0.15, 0.2) is 34.6 Å². The van der Waals surface area contributed by atoms with E-state index in [2.05, 4.69) is 45.9 Å². The molecule has 0 aliphatic heterocycles. The zero-order chi connectivity index (χ0) is 16.7. The molecule has 2 rings (SSSR count). The Morgan fingerprint density at radius 3 is 2.83 bits per heavy atom. The van der Waals surface area contributed by atoms with Gasteiger partial charge in [0, 0.05) is 24.0 Å². The second-order valence-electron chi connectivity index (χ2n) is 5.55. The molecule has 0 aliphatic carbocycles. The van der Waals surface area contributed by atoms with Crippen molar-refractivity contribution < 1.29 is 0 Å². The first-order chi connectivity index (χ1) is 11.1. The Hall–Kier alpha value is -1.59. The highest BCUT2D eigenvalue weighted by atomic mass is 35.5. The van der Waals surface area contributed by atoms with Crippen LogP contribution in [0, 0.1) is 0 Å². The van der Waals surface area contributed by atoms with Gasteiger partial charge in [-0.3, -0.25) is 4.99 Å². The Kier molecular flexibility index (Phi) is 6.86. The van der Waals surface area contributed by atoms with E-state index in [4.69, 9.17) is 11.6 Å². The van der Waals surface area contributed by atoms with Gasteiger partial charge in [0.1, 0.15) is 5.01 Å². The lowest BCUT2D eigenvalue weighted by Gasteiger charge is -2.11. The van der Waals surface area contributed by atoms with Crippen LogP contribution < -0.4 is 10.6 Å². The van der Waals surface area contributed by atoms with Crippen molar-refractivity contribution in [2.45, 2.75) is 32.7 Å². The van der Waals surface area contributed by atoms with Crippen LogP contribution in [0.1, 0.15) is 36.0 Å². The molecule has 0 radical (unpaired) electrons. The summed E-state index contributed by atoms with van der Waals surface area (Å²) in [5, 5.41) is 10.6. The van der Waals surface area contributed by atoms with Gasteiger partial charge in [-0.05, 0) is 30.0 Å². The molecule has 0 fully saturated rings. The number of rotatable bonds is 6. The van der Waals surface area contributed by atoms with Gasteiger partial charge in [0.15, 0.2) is 5.96 Å². The minimum atomic E-state index is 0.468. The molecular formula is C17H23ClN4S. The maximum atomic E-state index is 5.99. The van der Waals surface area contributed by atoms with Gasteiger partial charge in [-0.25, -0.2) is 4.98 Å². The topological polar surface area (TPSA) is 49.3 Å². The van der Waals surface area contributed by atoms with E-state index in [1.165, 1.54) is 5.56 Å². The van der Waals surface area contributed by atoms with Crippen molar-refractivity contribution in [1.82, 2.24) is 15.6 Å². The van der Waals surface area contributed by atoms with Crippen molar-refractivity contribution in [2.75, 3.05) is 13.6 Å². The number of thiazole rings is 1. The SMILES string of the molecule is CN=C(NCCc1cccc(Cl)c1)NCc1nc(C(C)C)cs1. The van der Waals surface area contributed by atoms with Crippen LogP contribution in [0.5, 0.6) is 0 Å². The Balaban J connectivity index is 1.77. The van der Waals surface area contributed by atoms with Crippen LogP contribution in [0.4, 0.5) is 0 Å². The van der Waals surface area contributed by atoms with Gasteiger partial charge in [-0.2, -0.15) is 0 Å². The minimum absolute atomic E-state index is 0.468. The third kappa shape index (κ3) is 5.84. The normalized spacial score (nSPS) is 11.8. The molecule has 0 aliphatic rings. The Morgan fingerprint density at radius 1 is 1.35 bits per heavy atom. The highest BCUT2D eigenvalue weighted by Crippen LogP contribution is 2.17. The largest absolute Gasteiger partial charge is 0.356 e. The number of halogens is 1. The molecule has 0 unspecified atom stereocenters. The summed E-state index contributed by atoms with van der Waals surface area (Å²) in [5.74, 6) is 1.25. The lowest BCUT2D eigenvalue weighted by Crippen LogP contribution is -2.37. The van der Waals surface area contributed by atoms with Gasteiger partial charge in [0.25, 0.3) is 0 Å². The van der Waals surface area contributed by atoms with Crippen molar-refractivity contribution in [3.8, 4) is 0 Å². The number of benzene rings is 1. The molecular weight excluding hydrogens is 328 g/mol. The molecule has 0 saturated heterocycles. The average molecular weight is 351 g/mol. The molecule has 1 aromatic heterocycles. The number of nitrogens with one attached hydrogen (secondary N) is 2. The molecule has 0 atom stereocenters. The molecule has 6 heteroatoms. The molecule has 124 valence electrons. The number of aliphatic imine (C=N–C) groups is 1. The van der Waals surface area contributed by atoms with E-state index in [1.807, 2.05) is 18.2 Å². The Labute approximate surface area is 147 Å². The number of hydrogen-bond acceptors (Lipinski definition) is 3. The molecule has 1 aromatic carbocycles. The molecule has 2 aromatic rings. The summed E-state index contributed by atoms with van der Waals surface area (Å²) in [6.07, 6.45) is 0.899. The fourth-order valence-electron chi connectivity index (χ4n) is 2.07. The van der Waals surface area contributed by atoms with Gasteiger partial charge in [-0.1, -0.05) is 37.6 Å². The molecule has 0 amide bonds. The predicted molar refractivity (Wildman–Crippen MR) is 99.6 cm³/mol. The van der Waals surface area contributed by atoms with Crippen LogP contribution in [0.3, 0.4) is 0 Å². The summed E-state index contributed by atoms with van der Waals surface area (Å²) in [5.41, 5.74) is 2.36. The molecule has 4 nitrogen and oxygen atoms in total.